The summed E-state index contributed by atoms with van der Waals surface area (Å²) in [5, 5.41) is 3.33. The summed E-state index contributed by atoms with van der Waals surface area (Å²) < 4.78 is 18.3. The number of anilines is 2. The number of nitrogens with one attached hydrogen (secondary N) is 1. The lowest BCUT2D eigenvalue weighted by molar-refractivity contribution is -0.121. The van der Waals surface area contributed by atoms with Crippen molar-refractivity contribution in [1.29, 1.82) is 0 Å². The Labute approximate surface area is 149 Å². The second-order valence-electron chi connectivity index (χ2n) is 5.75. The van der Waals surface area contributed by atoms with E-state index in [1.54, 1.807) is 25.1 Å². The average Bonchev–Trinajstić information content (AvgIpc) is 2.84. The van der Waals surface area contributed by atoms with E-state index in [1.807, 2.05) is 0 Å². The molecule has 1 atom stereocenters. The largest absolute Gasteiger partial charge is 0.495 e. The number of imide groups is 1. The minimum atomic E-state index is -0.711. The number of amides is 2. The molecule has 0 spiro atoms. The van der Waals surface area contributed by atoms with Crippen molar-refractivity contribution < 1.29 is 18.7 Å². The molecule has 0 unspecified atom stereocenters. The lowest BCUT2D eigenvalue weighted by Gasteiger charge is -2.17. The van der Waals surface area contributed by atoms with Gasteiger partial charge >= 0.3 is 0 Å². The smallest absolute Gasteiger partial charge is 0.256 e. The molecule has 0 saturated carbocycles. The number of benzene rings is 2. The minimum absolute atomic E-state index is 0.0132. The Morgan fingerprint density at radius 3 is 2.64 bits per heavy atom. The number of halogens is 2. The maximum Gasteiger partial charge on any atom is 0.256 e. The zero-order valence-corrected chi connectivity index (χ0v) is 14.4. The van der Waals surface area contributed by atoms with Crippen LogP contribution in [-0.2, 0) is 9.59 Å². The van der Waals surface area contributed by atoms with E-state index in [-0.39, 0.29) is 24.1 Å². The normalized spacial score (nSPS) is 17.1. The highest BCUT2D eigenvalue weighted by Gasteiger charge is 2.39. The van der Waals surface area contributed by atoms with Crippen LogP contribution in [0, 0.1) is 12.7 Å². The van der Waals surface area contributed by atoms with Crippen LogP contribution in [0.1, 0.15) is 12.0 Å². The Morgan fingerprint density at radius 1 is 1.24 bits per heavy atom. The zero-order chi connectivity index (χ0) is 18.1. The van der Waals surface area contributed by atoms with Gasteiger partial charge in [-0.15, -0.1) is 0 Å². The van der Waals surface area contributed by atoms with Crippen LogP contribution in [0.3, 0.4) is 0 Å². The van der Waals surface area contributed by atoms with Gasteiger partial charge in [0, 0.05) is 5.69 Å². The molecule has 2 aromatic rings. The van der Waals surface area contributed by atoms with Crippen molar-refractivity contribution in [3.63, 3.8) is 0 Å². The Balaban J connectivity index is 1.83. The Bertz CT molecular complexity index is 856. The van der Waals surface area contributed by atoms with Crippen LogP contribution in [-0.4, -0.2) is 25.0 Å². The third kappa shape index (κ3) is 3.30. The first-order valence-electron chi connectivity index (χ1n) is 7.63. The van der Waals surface area contributed by atoms with E-state index >= 15 is 0 Å². The van der Waals surface area contributed by atoms with Crippen LogP contribution in [0.25, 0.3) is 0 Å². The molecule has 1 saturated heterocycles. The molecule has 5 nitrogen and oxygen atoms in total. The number of carbonyl (C=O) groups is 2. The number of methoxy groups -OCH3 is 1. The number of carbonyl (C=O) groups excluding carboxylic acids is 2. The summed E-state index contributed by atoms with van der Waals surface area (Å²) in [5.41, 5.74) is 1.66. The second-order valence-corrected chi connectivity index (χ2v) is 6.15. The molecule has 0 aliphatic carbocycles. The molecule has 1 fully saturated rings. The molecular formula is C18H16ClFN2O3. The van der Waals surface area contributed by atoms with Gasteiger partial charge in [0.05, 0.1) is 24.2 Å². The average molecular weight is 363 g/mol. The summed E-state index contributed by atoms with van der Waals surface area (Å²) in [5.74, 6) is -0.606. The van der Waals surface area contributed by atoms with Gasteiger partial charge in [-0.25, -0.2) is 9.29 Å². The predicted octanol–water partition coefficient (Wildman–Crippen LogP) is 3.54. The molecule has 0 aromatic heterocycles. The third-order valence-electron chi connectivity index (χ3n) is 4.06. The third-order valence-corrected chi connectivity index (χ3v) is 4.35. The van der Waals surface area contributed by atoms with Gasteiger partial charge < -0.3 is 10.1 Å². The first kappa shape index (κ1) is 17.2. The summed E-state index contributed by atoms with van der Waals surface area (Å²) in [7, 11) is 1.48. The van der Waals surface area contributed by atoms with Crippen molar-refractivity contribution in [2.75, 3.05) is 17.3 Å². The van der Waals surface area contributed by atoms with Crippen LogP contribution in [0.5, 0.6) is 5.75 Å². The monoisotopic (exact) mass is 362 g/mol. The summed E-state index contributed by atoms with van der Waals surface area (Å²) in [6, 6.07) is 8.23. The Hall–Kier alpha value is -2.60. The quantitative estimate of drug-likeness (QED) is 0.845. The molecule has 2 aromatic carbocycles. The van der Waals surface area contributed by atoms with Gasteiger partial charge in [0.2, 0.25) is 5.91 Å². The Kier molecular flexibility index (Phi) is 4.63. The minimum Gasteiger partial charge on any atom is -0.495 e. The van der Waals surface area contributed by atoms with Gasteiger partial charge in [0.25, 0.3) is 5.91 Å². The molecule has 130 valence electrons. The first-order valence-corrected chi connectivity index (χ1v) is 8.01. The van der Waals surface area contributed by atoms with E-state index in [1.165, 1.54) is 25.3 Å². The molecule has 1 N–H and O–H groups in total. The number of hydrogen-bond acceptors (Lipinski definition) is 4. The molecule has 1 heterocycles. The highest BCUT2D eigenvalue weighted by atomic mass is 35.5. The fourth-order valence-electron chi connectivity index (χ4n) is 2.79. The van der Waals surface area contributed by atoms with Crippen LogP contribution >= 0.6 is 11.6 Å². The number of hydrogen-bond donors (Lipinski definition) is 1. The van der Waals surface area contributed by atoms with Crippen LogP contribution in [0.4, 0.5) is 15.8 Å². The lowest BCUT2D eigenvalue weighted by atomic mass is 10.1. The fraction of sp³-hybridized carbons (Fsp3) is 0.222. The highest BCUT2D eigenvalue weighted by molar-refractivity contribution is 6.33. The van der Waals surface area contributed by atoms with Crippen LogP contribution < -0.4 is 15.0 Å². The predicted molar refractivity (Wildman–Crippen MR) is 93.7 cm³/mol. The summed E-state index contributed by atoms with van der Waals surface area (Å²) in [6.07, 6.45) is 0.0132. The van der Waals surface area contributed by atoms with E-state index < -0.39 is 6.04 Å². The topological polar surface area (TPSA) is 58.6 Å². The highest BCUT2D eigenvalue weighted by Crippen LogP contribution is 2.32. The number of ether oxygens (including phenoxy) is 1. The molecule has 3 rings (SSSR count). The van der Waals surface area contributed by atoms with Crippen molar-refractivity contribution in [3.8, 4) is 5.75 Å². The SMILES string of the molecule is COc1ccc(N2C(=O)C[C@H](Nc3ccc(F)cc3C)C2=O)cc1Cl. The van der Waals surface area contributed by atoms with Gasteiger partial charge in [-0.2, -0.15) is 0 Å². The van der Waals surface area contributed by atoms with E-state index in [0.717, 1.165) is 4.90 Å². The summed E-state index contributed by atoms with van der Waals surface area (Å²) in [4.78, 5) is 26.1. The maximum atomic E-state index is 13.2. The van der Waals surface area contributed by atoms with E-state index in [4.69, 9.17) is 16.3 Å². The molecule has 0 radical (unpaired) electrons. The van der Waals surface area contributed by atoms with Crippen molar-refractivity contribution in [3.05, 3.63) is 52.8 Å². The fourth-order valence-corrected chi connectivity index (χ4v) is 3.04. The van der Waals surface area contributed by atoms with E-state index in [9.17, 15) is 14.0 Å². The van der Waals surface area contributed by atoms with Crippen LogP contribution in [0.2, 0.25) is 5.02 Å². The Morgan fingerprint density at radius 2 is 2.00 bits per heavy atom. The van der Waals surface area contributed by atoms with Crippen molar-refractivity contribution >= 4 is 34.8 Å². The molecule has 25 heavy (non-hydrogen) atoms. The van der Waals surface area contributed by atoms with E-state index in [0.29, 0.717) is 27.7 Å². The number of rotatable bonds is 4. The molecule has 0 bridgehead atoms. The second kappa shape index (κ2) is 6.72. The standard InChI is InChI=1S/C18H16ClFN2O3/c1-10-7-11(20)3-5-14(10)21-15-9-17(23)22(18(15)24)12-4-6-16(25-2)13(19)8-12/h3-8,15,21H,9H2,1-2H3/t15-/m0/s1. The zero-order valence-electron chi connectivity index (χ0n) is 13.7. The first-order chi connectivity index (χ1) is 11.9. The molecule has 2 amide bonds. The lowest BCUT2D eigenvalue weighted by Crippen LogP contribution is -2.34. The molecule has 7 heteroatoms. The van der Waals surface area contributed by atoms with Gasteiger partial charge in [0.1, 0.15) is 17.6 Å². The number of aryl methyl sites for hydroxylation is 1. The van der Waals surface area contributed by atoms with Gasteiger partial charge in [-0.1, -0.05) is 11.6 Å². The maximum absolute atomic E-state index is 13.2. The van der Waals surface area contributed by atoms with Crippen molar-refractivity contribution in [1.82, 2.24) is 0 Å². The van der Waals surface area contributed by atoms with Crippen molar-refractivity contribution in [2.45, 2.75) is 19.4 Å². The summed E-state index contributed by atoms with van der Waals surface area (Å²) >= 11 is 6.08. The molecule has 1 aliphatic rings. The van der Waals surface area contributed by atoms with Crippen LogP contribution in [0.15, 0.2) is 36.4 Å². The molecular weight excluding hydrogens is 347 g/mol. The van der Waals surface area contributed by atoms with Gasteiger partial charge in [0.15, 0.2) is 0 Å². The molecule has 1 aliphatic heterocycles. The van der Waals surface area contributed by atoms with Gasteiger partial charge in [-0.3, -0.25) is 9.59 Å². The van der Waals surface area contributed by atoms with Gasteiger partial charge in [-0.05, 0) is 48.9 Å². The van der Waals surface area contributed by atoms with Crippen molar-refractivity contribution in [2.24, 2.45) is 0 Å². The summed E-state index contributed by atoms with van der Waals surface area (Å²) in [6.45, 7) is 1.73. The van der Waals surface area contributed by atoms with E-state index in [2.05, 4.69) is 5.32 Å². The number of nitrogens with zero attached hydrogens (tertiary/aromatic N) is 1.